The van der Waals surface area contributed by atoms with Gasteiger partial charge in [0.05, 0.1) is 17.7 Å². The first-order valence-corrected chi connectivity index (χ1v) is 6.60. The highest BCUT2D eigenvalue weighted by Gasteiger charge is 2.18. The molecule has 0 saturated heterocycles. The Morgan fingerprint density at radius 1 is 1.19 bits per heavy atom. The van der Waals surface area contributed by atoms with Crippen molar-refractivity contribution in [3.05, 3.63) is 47.5 Å². The molecule has 1 aromatic rings. The van der Waals surface area contributed by atoms with Crippen LogP contribution in [0.2, 0.25) is 0 Å². The van der Waals surface area contributed by atoms with E-state index in [0.717, 1.165) is 0 Å². The van der Waals surface area contributed by atoms with Crippen molar-refractivity contribution < 1.29 is 19.1 Å². The SMILES string of the molecule is C#C/C=C/COC(=O)c1ccccc1C(=O)OCC(C)C. The molecule has 0 saturated carbocycles. The molecule has 0 N–H and O–H groups in total. The maximum atomic E-state index is 12.0. The van der Waals surface area contributed by atoms with Gasteiger partial charge in [-0.25, -0.2) is 9.59 Å². The van der Waals surface area contributed by atoms with Crippen molar-refractivity contribution in [3.63, 3.8) is 0 Å². The molecule has 0 amide bonds. The molecule has 0 fully saturated rings. The molecule has 0 heterocycles. The Balaban J connectivity index is 2.79. The van der Waals surface area contributed by atoms with Crippen LogP contribution in [0.25, 0.3) is 0 Å². The number of terminal acetylenes is 1. The van der Waals surface area contributed by atoms with Crippen molar-refractivity contribution in [2.24, 2.45) is 5.92 Å². The second-order valence-electron chi connectivity index (χ2n) is 4.71. The van der Waals surface area contributed by atoms with Gasteiger partial charge in [0.2, 0.25) is 0 Å². The van der Waals surface area contributed by atoms with Gasteiger partial charge in [-0.1, -0.05) is 31.9 Å². The van der Waals surface area contributed by atoms with Gasteiger partial charge in [0.15, 0.2) is 0 Å². The largest absolute Gasteiger partial charge is 0.462 e. The van der Waals surface area contributed by atoms with Gasteiger partial charge in [0.25, 0.3) is 0 Å². The molecule has 0 radical (unpaired) electrons. The van der Waals surface area contributed by atoms with Crippen molar-refractivity contribution in [3.8, 4) is 12.3 Å². The zero-order valence-electron chi connectivity index (χ0n) is 12.2. The molecule has 4 nitrogen and oxygen atoms in total. The van der Waals surface area contributed by atoms with E-state index in [4.69, 9.17) is 15.9 Å². The zero-order chi connectivity index (χ0) is 15.7. The number of benzene rings is 1. The van der Waals surface area contributed by atoms with Crippen LogP contribution in [-0.2, 0) is 9.47 Å². The van der Waals surface area contributed by atoms with Gasteiger partial charge in [0, 0.05) is 0 Å². The van der Waals surface area contributed by atoms with Crippen molar-refractivity contribution in [2.45, 2.75) is 13.8 Å². The van der Waals surface area contributed by atoms with Gasteiger partial charge in [-0.3, -0.25) is 0 Å². The molecule has 0 aromatic heterocycles. The summed E-state index contributed by atoms with van der Waals surface area (Å²) in [6.07, 6.45) is 8.02. The molecule has 0 aliphatic heterocycles. The molecule has 110 valence electrons. The molecule has 21 heavy (non-hydrogen) atoms. The lowest BCUT2D eigenvalue weighted by Crippen LogP contribution is -2.16. The fourth-order valence-electron chi connectivity index (χ4n) is 1.48. The molecule has 1 rings (SSSR count). The standard InChI is InChI=1S/C17H18O4/c1-4-5-8-11-20-16(18)14-9-6-7-10-15(14)17(19)21-12-13(2)3/h1,5-10,13H,11-12H2,2-3H3/b8-5+. The van der Waals surface area contributed by atoms with Crippen molar-refractivity contribution in [1.29, 1.82) is 0 Å². The first-order chi connectivity index (χ1) is 10.1. The van der Waals surface area contributed by atoms with Crippen LogP contribution >= 0.6 is 0 Å². The van der Waals surface area contributed by atoms with E-state index in [1.54, 1.807) is 12.1 Å². The highest BCUT2D eigenvalue weighted by atomic mass is 16.5. The third kappa shape index (κ3) is 5.53. The average molecular weight is 286 g/mol. The smallest absolute Gasteiger partial charge is 0.339 e. The van der Waals surface area contributed by atoms with E-state index in [-0.39, 0.29) is 23.7 Å². The molecule has 1 aromatic carbocycles. The van der Waals surface area contributed by atoms with E-state index in [1.807, 2.05) is 13.8 Å². The maximum Gasteiger partial charge on any atom is 0.339 e. The summed E-state index contributed by atoms with van der Waals surface area (Å²) in [5, 5.41) is 0. The third-order valence-electron chi connectivity index (χ3n) is 2.44. The van der Waals surface area contributed by atoms with Crippen LogP contribution in [0, 0.1) is 18.3 Å². The van der Waals surface area contributed by atoms with E-state index in [2.05, 4.69) is 5.92 Å². The van der Waals surface area contributed by atoms with E-state index >= 15 is 0 Å². The number of esters is 2. The van der Waals surface area contributed by atoms with Gasteiger partial charge < -0.3 is 9.47 Å². The fourth-order valence-corrected chi connectivity index (χ4v) is 1.48. The zero-order valence-corrected chi connectivity index (χ0v) is 12.2. The quantitative estimate of drug-likeness (QED) is 0.596. The van der Waals surface area contributed by atoms with Crippen LogP contribution in [-0.4, -0.2) is 25.2 Å². The molecule has 0 bridgehead atoms. The van der Waals surface area contributed by atoms with Crippen LogP contribution in [0.4, 0.5) is 0 Å². The highest BCUT2D eigenvalue weighted by Crippen LogP contribution is 2.12. The number of carbonyl (C=O) groups excluding carboxylic acids is 2. The Hall–Kier alpha value is -2.54. The number of carbonyl (C=O) groups is 2. The van der Waals surface area contributed by atoms with Gasteiger partial charge in [-0.15, -0.1) is 6.42 Å². The summed E-state index contributed by atoms with van der Waals surface area (Å²) in [6.45, 7) is 4.22. The van der Waals surface area contributed by atoms with E-state index in [9.17, 15) is 9.59 Å². The minimum Gasteiger partial charge on any atom is -0.462 e. The summed E-state index contributed by atoms with van der Waals surface area (Å²) < 4.78 is 10.2. The number of ether oxygens (including phenoxy) is 2. The first-order valence-electron chi connectivity index (χ1n) is 6.60. The summed E-state index contributed by atoms with van der Waals surface area (Å²) in [5.74, 6) is 1.40. The Morgan fingerprint density at radius 3 is 2.29 bits per heavy atom. The van der Waals surface area contributed by atoms with Crippen molar-refractivity contribution >= 4 is 11.9 Å². The highest BCUT2D eigenvalue weighted by molar-refractivity contribution is 6.03. The third-order valence-corrected chi connectivity index (χ3v) is 2.44. The molecule has 0 atom stereocenters. The lowest BCUT2D eigenvalue weighted by Gasteiger charge is -2.10. The normalized spacial score (nSPS) is 10.4. The predicted molar refractivity (Wildman–Crippen MR) is 79.8 cm³/mol. The maximum absolute atomic E-state index is 12.0. The Labute approximate surface area is 124 Å². The van der Waals surface area contributed by atoms with Crippen molar-refractivity contribution in [1.82, 2.24) is 0 Å². The number of rotatable bonds is 6. The van der Waals surface area contributed by atoms with Gasteiger partial charge in [0.1, 0.15) is 6.61 Å². The summed E-state index contributed by atoms with van der Waals surface area (Å²) in [4.78, 5) is 23.9. The van der Waals surface area contributed by atoms with Crippen LogP contribution in [0.15, 0.2) is 36.4 Å². The molecule has 0 unspecified atom stereocenters. The Kier molecular flexibility index (Phi) is 6.76. The minimum atomic E-state index is -0.589. The Bertz CT molecular complexity index is 564. The average Bonchev–Trinajstić information content (AvgIpc) is 2.49. The lowest BCUT2D eigenvalue weighted by atomic mass is 10.1. The molecular weight excluding hydrogens is 268 g/mol. The lowest BCUT2D eigenvalue weighted by molar-refractivity contribution is 0.0439. The second-order valence-corrected chi connectivity index (χ2v) is 4.71. The van der Waals surface area contributed by atoms with Gasteiger partial charge in [-0.2, -0.15) is 0 Å². The summed E-state index contributed by atoms with van der Waals surface area (Å²) in [7, 11) is 0. The van der Waals surface area contributed by atoms with E-state index in [0.29, 0.717) is 6.61 Å². The predicted octanol–water partition coefficient (Wildman–Crippen LogP) is 2.85. The van der Waals surface area contributed by atoms with Crippen LogP contribution < -0.4 is 0 Å². The monoisotopic (exact) mass is 286 g/mol. The van der Waals surface area contributed by atoms with Gasteiger partial charge >= 0.3 is 11.9 Å². The summed E-state index contributed by atoms with van der Waals surface area (Å²) in [5.41, 5.74) is 0.379. The number of hydrogen-bond donors (Lipinski definition) is 0. The molecular formula is C17H18O4. The van der Waals surface area contributed by atoms with E-state index < -0.39 is 11.9 Å². The van der Waals surface area contributed by atoms with Crippen LogP contribution in [0.5, 0.6) is 0 Å². The fraction of sp³-hybridized carbons (Fsp3) is 0.294. The number of allylic oxidation sites excluding steroid dienone is 1. The summed E-state index contributed by atoms with van der Waals surface area (Å²) in [6, 6.07) is 6.39. The van der Waals surface area contributed by atoms with Gasteiger partial charge in [-0.05, 0) is 30.2 Å². The Morgan fingerprint density at radius 2 is 1.76 bits per heavy atom. The molecule has 0 aliphatic carbocycles. The first kappa shape index (κ1) is 16.5. The topological polar surface area (TPSA) is 52.6 Å². The van der Waals surface area contributed by atoms with Crippen LogP contribution in [0.1, 0.15) is 34.6 Å². The second kappa shape index (κ2) is 8.60. The minimum absolute atomic E-state index is 0.0540. The molecule has 0 aliphatic rings. The van der Waals surface area contributed by atoms with Crippen molar-refractivity contribution in [2.75, 3.05) is 13.2 Å². The van der Waals surface area contributed by atoms with E-state index in [1.165, 1.54) is 24.3 Å². The molecule has 0 spiro atoms. The number of hydrogen-bond acceptors (Lipinski definition) is 4. The van der Waals surface area contributed by atoms with Crippen LogP contribution in [0.3, 0.4) is 0 Å². The summed E-state index contributed by atoms with van der Waals surface area (Å²) >= 11 is 0. The molecule has 4 heteroatoms.